The largest absolute Gasteiger partial charge is 0.378 e. The first-order valence-corrected chi connectivity index (χ1v) is 10.0. The molecule has 1 aliphatic rings. The van der Waals surface area contributed by atoms with Gasteiger partial charge in [-0.25, -0.2) is 4.79 Å². The van der Waals surface area contributed by atoms with Gasteiger partial charge in [0.15, 0.2) is 5.82 Å². The number of anilines is 3. The predicted molar refractivity (Wildman–Crippen MR) is 119 cm³/mol. The monoisotopic (exact) mass is 403 g/mol. The number of rotatable bonds is 4. The molecule has 0 bridgehead atoms. The highest BCUT2D eigenvalue weighted by atomic mass is 16.5. The summed E-state index contributed by atoms with van der Waals surface area (Å²) in [5.41, 5.74) is 5.42. The number of carbonyl (C=O) groups excluding carboxylic acids is 1. The molecule has 2 amide bonds. The van der Waals surface area contributed by atoms with Gasteiger partial charge in [-0.05, 0) is 49.7 Å². The average Bonchev–Trinajstić information content (AvgIpc) is 2.77. The van der Waals surface area contributed by atoms with Gasteiger partial charge in [0.05, 0.1) is 18.9 Å². The van der Waals surface area contributed by atoms with Gasteiger partial charge in [0.25, 0.3) is 0 Å². The third-order valence-electron chi connectivity index (χ3n) is 5.05. The zero-order valence-corrected chi connectivity index (χ0v) is 17.2. The van der Waals surface area contributed by atoms with E-state index in [9.17, 15) is 4.79 Å². The van der Waals surface area contributed by atoms with E-state index in [1.807, 2.05) is 68.4 Å². The van der Waals surface area contributed by atoms with Crippen LogP contribution in [-0.2, 0) is 4.74 Å². The lowest BCUT2D eigenvalue weighted by Gasteiger charge is -2.27. The number of urea groups is 1. The minimum absolute atomic E-state index is 0.274. The molecule has 1 aliphatic heterocycles. The summed E-state index contributed by atoms with van der Waals surface area (Å²) in [6.07, 6.45) is 0. The van der Waals surface area contributed by atoms with Gasteiger partial charge >= 0.3 is 6.03 Å². The van der Waals surface area contributed by atoms with E-state index in [0.29, 0.717) is 5.69 Å². The Morgan fingerprint density at radius 2 is 1.70 bits per heavy atom. The first-order valence-electron chi connectivity index (χ1n) is 10.0. The van der Waals surface area contributed by atoms with Crippen molar-refractivity contribution in [1.82, 2.24) is 10.2 Å². The molecule has 0 radical (unpaired) electrons. The molecule has 4 rings (SSSR count). The molecule has 7 heteroatoms. The van der Waals surface area contributed by atoms with Gasteiger partial charge in [-0.2, -0.15) is 0 Å². The van der Waals surface area contributed by atoms with Crippen LogP contribution in [0, 0.1) is 13.8 Å². The van der Waals surface area contributed by atoms with Crippen LogP contribution in [0.4, 0.5) is 22.0 Å². The van der Waals surface area contributed by atoms with Crippen LogP contribution in [0.25, 0.3) is 11.3 Å². The van der Waals surface area contributed by atoms with Crippen molar-refractivity contribution in [3.05, 3.63) is 65.7 Å². The zero-order chi connectivity index (χ0) is 20.9. The van der Waals surface area contributed by atoms with Gasteiger partial charge < -0.3 is 20.3 Å². The fourth-order valence-corrected chi connectivity index (χ4v) is 3.40. The van der Waals surface area contributed by atoms with Crippen molar-refractivity contribution in [1.29, 1.82) is 0 Å². The molecule has 30 heavy (non-hydrogen) atoms. The summed E-state index contributed by atoms with van der Waals surface area (Å²) in [7, 11) is 0. The Morgan fingerprint density at radius 3 is 2.37 bits per heavy atom. The van der Waals surface area contributed by atoms with Crippen LogP contribution in [0.1, 0.15) is 11.1 Å². The summed E-state index contributed by atoms with van der Waals surface area (Å²) in [4.78, 5) is 14.5. The van der Waals surface area contributed by atoms with Crippen LogP contribution in [-0.4, -0.2) is 42.5 Å². The summed E-state index contributed by atoms with van der Waals surface area (Å²) in [5.74, 6) is 0.864. The number of hydrogen-bond donors (Lipinski definition) is 2. The number of ether oxygens (including phenoxy) is 1. The van der Waals surface area contributed by atoms with Crippen LogP contribution >= 0.6 is 0 Å². The van der Waals surface area contributed by atoms with Crippen molar-refractivity contribution in [3.8, 4) is 11.3 Å². The van der Waals surface area contributed by atoms with Crippen LogP contribution in [0.2, 0.25) is 0 Å². The van der Waals surface area contributed by atoms with Crippen molar-refractivity contribution in [2.24, 2.45) is 0 Å². The van der Waals surface area contributed by atoms with Crippen molar-refractivity contribution in [2.45, 2.75) is 13.8 Å². The number of morpholine rings is 1. The van der Waals surface area contributed by atoms with E-state index in [1.54, 1.807) is 0 Å². The SMILES string of the molecule is Cc1ccc(NC(=O)Nc2ccc(-c3ccc(N4CCOCC4)nn3)cc2)c(C)c1. The molecule has 7 nitrogen and oxygen atoms in total. The lowest BCUT2D eigenvalue weighted by atomic mass is 10.1. The van der Waals surface area contributed by atoms with Crippen LogP contribution < -0.4 is 15.5 Å². The highest BCUT2D eigenvalue weighted by Gasteiger charge is 2.13. The zero-order valence-electron chi connectivity index (χ0n) is 17.2. The predicted octanol–water partition coefficient (Wildman–Crippen LogP) is 4.24. The third-order valence-corrected chi connectivity index (χ3v) is 5.05. The smallest absolute Gasteiger partial charge is 0.323 e. The fourth-order valence-electron chi connectivity index (χ4n) is 3.40. The number of carbonyl (C=O) groups is 1. The molecule has 1 fully saturated rings. The van der Waals surface area contributed by atoms with E-state index in [-0.39, 0.29) is 6.03 Å². The molecule has 1 aromatic heterocycles. The highest BCUT2D eigenvalue weighted by Crippen LogP contribution is 2.22. The second kappa shape index (κ2) is 8.92. The summed E-state index contributed by atoms with van der Waals surface area (Å²) in [6.45, 7) is 7.10. The van der Waals surface area contributed by atoms with E-state index >= 15 is 0 Å². The average molecular weight is 403 g/mol. The summed E-state index contributed by atoms with van der Waals surface area (Å²) >= 11 is 0. The number of nitrogens with one attached hydrogen (secondary N) is 2. The van der Waals surface area contributed by atoms with Gasteiger partial charge in [-0.15, -0.1) is 10.2 Å². The second-order valence-electron chi connectivity index (χ2n) is 7.35. The molecule has 154 valence electrons. The maximum Gasteiger partial charge on any atom is 0.323 e. The van der Waals surface area contributed by atoms with E-state index < -0.39 is 0 Å². The number of hydrogen-bond acceptors (Lipinski definition) is 5. The molecular formula is C23H25N5O2. The Morgan fingerprint density at radius 1 is 0.933 bits per heavy atom. The molecular weight excluding hydrogens is 378 g/mol. The molecule has 2 aromatic carbocycles. The number of amides is 2. The third kappa shape index (κ3) is 4.75. The molecule has 2 N–H and O–H groups in total. The van der Waals surface area contributed by atoms with Gasteiger partial charge in [0.2, 0.25) is 0 Å². The summed E-state index contributed by atoms with van der Waals surface area (Å²) in [6, 6.07) is 17.2. The normalized spacial score (nSPS) is 13.7. The molecule has 0 saturated carbocycles. The minimum atomic E-state index is -0.274. The Balaban J connectivity index is 1.38. The van der Waals surface area contributed by atoms with E-state index in [4.69, 9.17) is 4.74 Å². The first kappa shape index (κ1) is 19.8. The number of nitrogens with zero attached hydrogens (tertiary/aromatic N) is 3. The van der Waals surface area contributed by atoms with Crippen LogP contribution in [0.15, 0.2) is 54.6 Å². The van der Waals surface area contributed by atoms with Crippen molar-refractivity contribution in [2.75, 3.05) is 41.8 Å². The van der Waals surface area contributed by atoms with Crippen molar-refractivity contribution >= 4 is 23.2 Å². The summed E-state index contributed by atoms with van der Waals surface area (Å²) in [5, 5.41) is 14.4. The molecule has 0 atom stereocenters. The Kier molecular flexibility index (Phi) is 5.90. The lowest BCUT2D eigenvalue weighted by Crippen LogP contribution is -2.36. The van der Waals surface area contributed by atoms with Gasteiger partial charge in [-0.1, -0.05) is 29.8 Å². The standard InChI is InChI=1S/C23H25N5O2/c1-16-3-8-20(17(2)15-16)25-23(29)24-19-6-4-18(5-7-19)21-9-10-22(27-26-21)28-11-13-30-14-12-28/h3-10,15H,11-14H2,1-2H3,(H2,24,25,29). The number of aryl methyl sites for hydroxylation is 2. The molecule has 3 aromatic rings. The summed E-state index contributed by atoms with van der Waals surface area (Å²) < 4.78 is 5.37. The van der Waals surface area contributed by atoms with Crippen molar-refractivity contribution < 1.29 is 9.53 Å². The molecule has 0 aliphatic carbocycles. The maximum atomic E-state index is 12.3. The maximum absolute atomic E-state index is 12.3. The Hall–Kier alpha value is -3.45. The highest BCUT2D eigenvalue weighted by molar-refractivity contribution is 6.00. The lowest BCUT2D eigenvalue weighted by molar-refractivity contribution is 0.122. The quantitative estimate of drug-likeness (QED) is 0.681. The Labute approximate surface area is 176 Å². The van der Waals surface area contributed by atoms with E-state index in [1.165, 1.54) is 0 Å². The molecule has 0 unspecified atom stereocenters. The molecule has 2 heterocycles. The number of benzene rings is 2. The fraction of sp³-hybridized carbons (Fsp3) is 0.261. The van der Waals surface area contributed by atoms with Gasteiger partial charge in [0, 0.05) is 30.0 Å². The topological polar surface area (TPSA) is 79.4 Å². The van der Waals surface area contributed by atoms with Crippen LogP contribution in [0.3, 0.4) is 0 Å². The number of aromatic nitrogens is 2. The minimum Gasteiger partial charge on any atom is -0.378 e. The molecule has 0 spiro atoms. The molecule has 1 saturated heterocycles. The van der Waals surface area contributed by atoms with Crippen LogP contribution in [0.5, 0.6) is 0 Å². The van der Waals surface area contributed by atoms with Gasteiger partial charge in [0.1, 0.15) is 0 Å². The van der Waals surface area contributed by atoms with Gasteiger partial charge in [-0.3, -0.25) is 0 Å². The Bertz CT molecular complexity index is 1010. The second-order valence-corrected chi connectivity index (χ2v) is 7.35. The first-order chi connectivity index (χ1) is 14.6. The van der Waals surface area contributed by atoms with E-state index in [2.05, 4.69) is 25.7 Å². The van der Waals surface area contributed by atoms with E-state index in [0.717, 1.165) is 60.2 Å². The van der Waals surface area contributed by atoms with Crippen molar-refractivity contribution in [3.63, 3.8) is 0 Å².